The highest BCUT2D eigenvalue weighted by Crippen LogP contribution is 2.28. The number of aromatic carboxylic acids is 1. The third-order valence-corrected chi connectivity index (χ3v) is 3.92. The normalized spacial score (nSPS) is 16.3. The molecule has 4 heteroatoms. The predicted octanol–water partition coefficient (Wildman–Crippen LogP) is 2.98. The minimum atomic E-state index is -0.898. The van der Waals surface area contributed by atoms with E-state index in [9.17, 15) is 9.90 Å². The number of nitrogens with two attached hydrogens (primary N) is 1. The molecule has 0 radical (unpaired) electrons. The first kappa shape index (κ1) is 13.7. The molecular weight excluding hydrogens is 240 g/mol. The second kappa shape index (κ2) is 5.95. The first-order valence-corrected chi connectivity index (χ1v) is 6.92. The molecule has 0 heterocycles. The Bertz CT molecular complexity index is 453. The van der Waals surface area contributed by atoms with Crippen molar-refractivity contribution in [2.24, 2.45) is 5.92 Å². The van der Waals surface area contributed by atoms with Crippen LogP contribution in [-0.4, -0.2) is 24.7 Å². The van der Waals surface area contributed by atoms with Crippen LogP contribution in [0.4, 0.5) is 11.4 Å². The summed E-state index contributed by atoms with van der Waals surface area (Å²) in [6.45, 7) is 0.906. The molecule has 1 aliphatic rings. The van der Waals surface area contributed by atoms with Crippen LogP contribution in [0.2, 0.25) is 0 Å². The van der Waals surface area contributed by atoms with Gasteiger partial charge in [0.1, 0.15) is 0 Å². The van der Waals surface area contributed by atoms with Crippen LogP contribution in [0.15, 0.2) is 18.2 Å². The quantitative estimate of drug-likeness (QED) is 0.819. The fourth-order valence-electron chi connectivity index (χ4n) is 2.90. The number of carboxylic acid groups (broad SMARTS) is 1. The van der Waals surface area contributed by atoms with Crippen LogP contribution in [0.25, 0.3) is 0 Å². The highest BCUT2D eigenvalue weighted by Gasteiger charge is 2.19. The number of hydrogen-bond acceptors (Lipinski definition) is 3. The van der Waals surface area contributed by atoms with Gasteiger partial charge in [-0.15, -0.1) is 0 Å². The Labute approximate surface area is 114 Å². The molecule has 0 unspecified atom stereocenters. The average molecular weight is 262 g/mol. The van der Waals surface area contributed by atoms with E-state index < -0.39 is 5.97 Å². The van der Waals surface area contributed by atoms with Crippen LogP contribution in [0, 0.1) is 5.92 Å². The molecule has 0 spiro atoms. The molecule has 1 aromatic rings. The van der Waals surface area contributed by atoms with Crippen molar-refractivity contribution < 1.29 is 9.90 Å². The molecule has 19 heavy (non-hydrogen) atoms. The number of benzene rings is 1. The lowest BCUT2D eigenvalue weighted by Crippen LogP contribution is -2.28. The molecule has 0 atom stereocenters. The van der Waals surface area contributed by atoms with E-state index in [-0.39, 0.29) is 0 Å². The number of rotatable bonds is 4. The van der Waals surface area contributed by atoms with Gasteiger partial charge >= 0.3 is 5.97 Å². The highest BCUT2D eigenvalue weighted by molar-refractivity contribution is 5.95. The summed E-state index contributed by atoms with van der Waals surface area (Å²) >= 11 is 0. The standard InChI is InChI=1S/C15H22N2O2/c1-17(10-11-5-3-2-4-6-11)14-9-12(16)7-8-13(14)15(18)19/h7-9,11H,2-6,10,16H2,1H3,(H,18,19). The summed E-state index contributed by atoms with van der Waals surface area (Å²) in [6.07, 6.45) is 6.41. The van der Waals surface area contributed by atoms with E-state index in [4.69, 9.17) is 5.73 Å². The molecular formula is C15H22N2O2. The molecule has 1 aromatic carbocycles. The minimum absolute atomic E-state index is 0.326. The monoisotopic (exact) mass is 262 g/mol. The molecule has 1 aliphatic carbocycles. The Hall–Kier alpha value is -1.71. The molecule has 2 rings (SSSR count). The van der Waals surface area contributed by atoms with Gasteiger partial charge < -0.3 is 15.7 Å². The van der Waals surface area contributed by atoms with Crippen LogP contribution in [0.3, 0.4) is 0 Å². The second-order valence-corrected chi connectivity index (χ2v) is 5.47. The predicted molar refractivity (Wildman–Crippen MR) is 77.7 cm³/mol. The summed E-state index contributed by atoms with van der Waals surface area (Å²) in [6, 6.07) is 4.98. The first-order chi connectivity index (χ1) is 9.08. The molecule has 0 aromatic heterocycles. The lowest BCUT2D eigenvalue weighted by atomic mass is 9.89. The van der Waals surface area contributed by atoms with Gasteiger partial charge in [0.05, 0.1) is 11.3 Å². The molecule has 0 aliphatic heterocycles. The van der Waals surface area contributed by atoms with Crippen molar-refractivity contribution in [3.8, 4) is 0 Å². The van der Waals surface area contributed by atoms with Crippen LogP contribution in [0.5, 0.6) is 0 Å². The fourth-order valence-corrected chi connectivity index (χ4v) is 2.90. The van der Waals surface area contributed by atoms with Crippen molar-refractivity contribution >= 4 is 17.3 Å². The Morgan fingerprint density at radius 3 is 2.68 bits per heavy atom. The molecule has 1 saturated carbocycles. The van der Waals surface area contributed by atoms with Gasteiger partial charge in [0.15, 0.2) is 0 Å². The summed E-state index contributed by atoms with van der Waals surface area (Å²) in [4.78, 5) is 13.3. The molecule has 4 nitrogen and oxygen atoms in total. The molecule has 0 saturated heterocycles. The maximum Gasteiger partial charge on any atom is 0.337 e. The van der Waals surface area contributed by atoms with Gasteiger partial charge in [0, 0.05) is 19.3 Å². The van der Waals surface area contributed by atoms with Crippen molar-refractivity contribution in [2.45, 2.75) is 32.1 Å². The van der Waals surface area contributed by atoms with Gasteiger partial charge in [0.2, 0.25) is 0 Å². The van der Waals surface area contributed by atoms with Crippen LogP contribution < -0.4 is 10.6 Å². The summed E-state index contributed by atoms with van der Waals surface area (Å²) in [5, 5.41) is 9.24. The SMILES string of the molecule is CN(CC1CCCCC1)c1cc(N)ccc1C(=O)O. The molecule has 0 bridgehead atoms. The fraction of sp³-hybridized carbons (Fsp3) is 0.533. The average Bonchev–Trinajstić information content (AvgIpc) is 2.39. The largest absolute Gasteiger partial charge is 0.478 e. The first-order valence-electron chi connectivity index (χ1n) is 6.92. The number of nitrogens with zero attached hydrogens (tertiary/aromatic N) is 1. The Morgan fingerprint density at radius 1 is 1.37 bits per heavy atom. The van der Waals surface area contributed by atoms with E-state index in [1.807, 2.05) is 11.9 Å². The summed E-state index contributed by atoms with van der Waals surface area (Å²) in [5.74, 6) is -0.229. The van der Waals surface area contributed by atoms with Gasteiger partial charge in [-0.2, -0.15) is 0 Å². The van der Waals surface area contributed by atoms with E-state index in [0.717, 1.165) is 12.2 Å². The lowest BCUT2D eigenvalue weighted by molar-refractivity contribution is 0.0697. The molecule has 0 amide bonds. The van der Waals surface area contributed by atoms with Crippen LogP contribution in [0.1, 0.15) is 42.5 Å². The van der Waals surface area contributed by atoms with Gasteiger partial charge in [-0.3, -0.25) is 0 Å². The number of carboxylic acids is 1. The zero-order chi connectivity index (χ0) is 13.8. The maximum atomic E-state index is 11.3. The van der Waals surface area contributed by atoms with E-state index >= 15 is 0 Å². The number of hydrogen-bond donors (Lipinski definition) is 2. The molecule has 3 N–H and O–H groups in total. The Kier molecular flexibility index (Phi) is 4.30. The Morgan fingerprint density at radius 2 is 2.05 bits per heavy atom. The van der Waals surface area contributed by atoms with Crippen molar-refractivity contribution in [1.82, 2.24) is 0 Å². The van der Waals surface area contributed by atoms with E-state index in [2.05, 4.69) is 0 Å². The topological polar surface area (TPSA) is 66.6 Å². The molecule has 104 valence electrons. The lowest BCUT2D eigenvalue weighted by Gasteiger charge is -2.29. The molecule has 1 fully saturated rings. The zero-order valence-corrected chi connectivity index (χ0v) is 11.4. The van der Waals surface area contributed by atoms with Crippen LogP contribution in [-0.2, 0) is 0 Å². The van der Waals surface area contributed by atoms with Gasteiger partial charge in [0.25, 0.3) is 0 Å². The maximum absolute atomic E-state index is 11.3. The van der Waals surface area contributed by atoms with Gasteiger partial charge in [-0.1, -0.05) is 19.3 Å². The summed E-state index contributed by atoms with van der Waals surface area (Å²) in [7, 11) is 1.95. The van der Waals surface area contributed by atoms with E-state index in [0.29, 0.717) is 17.2 Å². The van der Waals surface area contributed by atoms with Crippen molar-refractivity contribution in [3.05, 3.63) is 23.8 Å². The smallest absolute Gasteiger partial charge is 0.337 e. The van der Waals surface area contributed by atoms with E-state index in [1.54, 1.807) is 18.2 Å². The van der Waals surface area contributed by atoms with Crippen molar-refractivity contribution in [2.75, 3.05) is 24.2 Å². The number of nitrogen functional groups attached to an aromatic ring is 1. The third kappa shape index (κ3) is 3.40. The number of carbonyl (C=O) groups is 1. The summed E-state index contributed by atoms with van der Waals surface area (Å²) in [5.41, 5.74) is 7.43. The van der Waals surface area contributed by atoms with Crippen molar-refractivity contribution in [3.63, 3.8) is 0 Å². The Balaban J connectivity index is 2.14. The zero-order valence-electron chi connectivity index (χ0n) is 11.4. The van der Waals surface area contributed by atoms with Gasteiger partial charge in [-0.25, -0.2) is 4.79 Å². The van der Waals surface area contributed by atoms with E-state index in [1.165, 1.54) is 32.1 Å². The minimum Gasteiger partial charge on any atom is -0.478 e. The summed E-state index contributed by atoms with van der Waals surface area (Å²) < 4.78 is 0. The number of anilines is 2. The van der Waals surface area contributed by atoms with Crippen molar-refractivity contribution in [1.29, 1.82) is 0 Å². The second-order valence-electron chi connectivity index (χ2n) is 5.47. The van der Waals surface area contributed by atoms with Gasteiger partial charge in [-0.05, 0) is 37.0 Å². The third-order valence-electron chi connectivity index (χ3n) is 3.92. The highest BCUT2D eigenvalue weighted by atomic mass is 16.4. The van der Waals surface area contributed by atoms with Crippen LogP contribution >= 0.6 is 0 Å².